The number of hydrogen-bond acceptors (Lipinski definition) is 8. The molecule has 0 aliphatic heterocycles. The highest BCUT2D eigenvalue weighted by Crippen LogP contribution is 2.30. The number of nitrogens with one attached hydrogen (secondary N) is 1. The molecule has 0 spiro atoms. The van der Waals surface area contributed by atoms with Crippen LogP contribution in [0.1, 0.15) is 15.9 Å². The molecule has 10 heteroatoms. The SMILES string of the molecule is COC(=O)c1ccc(NC(=O)CSc2nnc(SCc3ccc(F)cc3)s2)cc1. The molecule has 0 saturated heterocycles. The maximum atomic E-state index is 12.9. The number of methoxy groups -OCH3 is 1. The molecule has 1 N–H and O–H groups in total. The van der Waals surface area contributed by atoms with Gasteiger partial charge in [-0.05, 0) is 42.0 Å². The molecule has 2 aromatic carbocycles. The maximum absolute atomic E-state index is 12.9. The number of esters is 1. The quantitative estimate of drug-likeness (QED) is 0.401. The van der Waals surface area contributed by atoms with Crippen molar-refractivity contribution in [3.8, 4) is 0 Å². The van der Waals surface area contributed by atoms with Gasteiger partial charge >= 0.3 is 5.97 Å². The van der Waals surface area contributed by atoms with Crippen LogP contribution in [0, 0.1) is 5.82 Å². The van der Waals surface area contributed by atoms with Crippen molar-refractivity contribution in [3.63, 3.8) is 0 Å². The lowest BCUT2D eigenvalue weighted by Crippen LogP contribution is -2.14. The third-order valence-electron chi connectivity index (χ3n) is 3.58. The van der Waals surface area contributed by atoms with Crippen molar-refractivity contribution in [3.05, 3.63) is 65.5 Å². The zero-order chi connectivity index (χ0) is 20.6. The molecular formula is C19H16FN3O3S3. The van der Waals surface area contributed by atoms with Crippen molar-refractivity contribution in [1.29, 1.82) is 0 Å². The second kappa shape index (κ2) is 10.4. The Bertz CT molecular complexity index is 978. The van der Waals surface area contributed by atoms with Crippen LogP contribution < -0.4 is 5.32 Å². The van der Waals surface area contributed by atoms with E-state index in [0.29, 0.717) is 21.3 Å². The van der Waals surface area contributed by atoms with E-state index in [1.54, 1.807) is 36.4 Å². The van der Waals surface area contributed by atoms with Crippen LogP contribution in [0.4, 0.5) is 10.1 Å². The highest BCUT2D eigenvalue weighted by Gasteiger charge is 2.10. The standard InChI is InChI=1S/C19H16FN3O3S3/c1-26-17(25)13-4-8-15(9-5-13)21-16(24)11-28-19-23-22-18(29-19)27-10-12-2-6-14(20)7-3-12/h2-9H,10-11H2,1H3,(H,21,24). The zero-order valence-corrected chi connectivity index (χ0v) is 17.7. The van der Waals surface area contributed by atoms with E-state index < -0.39 is 5.97 Å². The summed E-state index contributed by atoms with van der Waals surface area (Å²) in [7, 11) is 1.31. The summed E-state index contributed by atoms with van der Waals surface area (Å²) in [6, 6.07) is 12.8. The molecular weight excluding hydrogens is 433 g/mol. The number of rotatable bonds is 8. The summed E-state index contributed by atoms with van der Waals surface area (Å²) in [4.78, 5) is 23.5. The second-order valence-corrected chi connectivity index (χ2v) is 9.08. The third kappa shape index (κ3) is 6.55. The Morgan fingerprint density at radius 3 is 2.34 bits per heavy atom. The van der Waals surface area contributed by atoms with Crippen LogP contribution in [-0.4, -0.2) is 34.9 Å². The smallest absolute Gasteiger partial charge is 0.337 e. The van der Waals surface area contributed by atoms with Crippen molar-refractivity contribution in [1.82, 2.24) is 10.2 Å². The van der Waals surface area contributed by atoms with Gasteiger partial charge in [-0.25, -0.2) is 9.18 Å². The molecule has 150 valence electrons. The topological polar surface area (TPSA) is 81.2 Å². The summed E-state index contributed by atoms with van der Waals surface area (Å²) in [5.74, 6) is -0.0112. The Hall–Kier alpha value is -2.43. The van der Waals surface area contributed by atoms with Crippen molar-refractivity contribution in [2.75, 3.05) is 18.2 Å². The number of amides is 1. The van der Waals surface area contributed by atoms with E-state index >= 15 is 0 Å². The Labute approximate surface area is 179 Å². The monoisotopic (exact) mass is 449 g/mol. The van der Waals surface area contributed by atoms with Crippen LogP contribution in [0.25, 0.3) is 0 Å². The third-order valence-corrected chi connectivity index (χ3v) is 6.84. The number of carbonyl (C=O) groups excluding carboxylic acids is 2. The van der Waals surface area contributed by atoms with Gasteiger partial charge in [0.1, 0.15) is 5.82 Å². The van der Waals surface area contributed by atoms with Gasteiger partial charge < -0.3 is 10.1 Å². The molecule has 0 atom stereocenters. The van der Waals surface area contributed by atoms with Crippen LogP contribution in [0.5, 0.6) is 0 Å². The van der Waals surface area contributed by atoms with Crippen LogP contribution in [-0.2, 0) is 15.3 Å². The molecule has 3 rings (SSSR count). The molecule has 0 aliphatic rings. The number of anilines is 1. The molecule has 6 nitrogen and oxygen atoms in total. The molecule has 0 saturated carbocycles. The predicted octanol–water partition coefficient (Wildman–Crippen LogP) is 4.49. The Morgan fingerprint density at radius 1 is 1.03 bits per heavy atom. The van der Waals surface area contributed by atoms with Gasteiger partial charge in [0.15, 0.2) is 8.68 Å². The first kappa shape index (κ1) is 21.3. The molecule has 0 fully saturated rings. The van der Waals surface area contributed by atoms with E-state index in [-0.39, 0.29) is 17.5 Å². The number of carbonyl (C=O) groups is 2. The molecule has 1 heterocycles. The summed E-state index contributed by atoms with van der Waals surface area (Å²) < 4.78 is 19.0. The molecule has 0 aliphatic carbocycles. The minimum absolute atomic E-state index is 0.184. The summed E-state index contributed by atoms with van der Waals surface area (Å²) in [6.07, 6.45) is 0. The Balaban J connectivity index is 1.44. The lowest BCUT2D eigenvalue weighted by molar-refractivity contribution is -0.113. The Morgan fingerprint density at radius 2 is 1.69 bits per heavy atom. The number of thioether (sulfide) groups is 2. The van der Waals surface area contributed by atoms with Crippen molar-refractivity contribution in [2.24, 2.45) is 0 Å². The van der Waals surface area contributed by atoms with Crippen LogP contribution in [0.2, 0.25) is 0 Å². The van der Waals surface area contributed by atoms with Gasteiger partial charge in [0.25, 0.3) is 0 Å². The number of aromatic nitrogens is 2. The lowest BCUT2D eigenvalue weighted by atomic mass is 10.2. The minimum Gasteiger partial charge on any atom is -0.465 e. The first-order chi connectivity index (χ1) is 14.0. The van der Waals surface area contributed by atoms with Crippen molar-refractivity contribution < 1.29 is 18.7 Å². The fourth-order valence-corrected chi connectivity index (χ4v) is 4.95. The molecule has 29 heavy (non-hydrogen) atoms. The van der Waals surface area contributed by atoms with E-state index in [9.17, 15) is 14.0 Å². The van der Waals surface area contributed by atoms with E-state index in [4.69, 9.17) is 0 Å². The maximum Gasteiger partial charge on any atom is 0.337 e. The average Bonchev–Trinajstić information content (AvgIpc) is 3.20. The van der Waals surface area contributed by atoms with E-state index in [1.807, 2.05) is 0 Å². The number of benzene rings is 2. The highest BCUT2D eigenvalue weighted by atomic mass is 32.2. The number of ether oxygens (including phenoxy) is 1. The Kier molecular flexibility index (Phi) is 7.62. The fourth-order valence-electron chi connectivity index (χ4n) is 2.17. The number of nitrogens with zero attached hydrogens (tertiary/aromatic N) is 2. The summed E-state index contributed by atoms with van der Waals surface area (Å²) in [6.45, 7) is 0. The zero-order valence-electron chi connectivity index (χ0n) is 15.3. The van der Waals surface area contributed by atoms with Gasteiger partial charge in [-0.15, -0.1) is 10.2 Å². The van der Waals surface area contributed by atoms with Gasteiger partial charge in [0.05, 0.1) is 18.4 Å². The predicted molar refractivity (Wildman–Crippen MR) is 113 cm³/mol. The van der Waals surface area contributed by atoms with Gasteiger partial charge in [0, 0.05) is 11.4 Å². The van der Waals surface area contributed by atoms with E-state index in [1.165, 1.54) is 54.1 Å². The molecule has 0 bridgehead atoms. The van der Waals surface area contributed by atoms with Crippen LogP contribution in [0.15, 0.2) is 57.2 Å². The van der Waals surface area contributed by atoms with Crippen molar-refractivity contribution in [2.45, 2.75) is 14.4 Å². The molecule has 0 unspecified atom stereocenters. The van der Waals surface area contributed by atoms with Crippen molar-refractivity contribution >= 4 is 52.4 Å². The van der Waals surface area contributed by atoms with Crippen LogP contribution >= 0.6 is 34.9 Å². The minimum atomic E-state index is -0.428. The normalized spacial score (nSPS) is 10.6. The first-order valence-electron chi connectivity index (χ1n) is 8.35. The number of hydrogen-bond donors (Lipinski definition) is 1. The van der Waals surface area contributed by atoms with Gasteiger partial charge in [-0.1, -0.05) is 47.0 Å². The molecule has 0 radical (unpaired) electrons. The first-order valence-corrected chi connectivity index (χ1v) is 11.1. The largest absolute Gasteiger partial charge is 0.465 e. The van der Waals surface area contributed by atoms with Crippen LogP contribution in [0.3, 0.4) is 0 Å². The molecule has 3 aromatic rings. The van der Waals surface area contributed by atoms with E-state index in [0.717, 1.165) is 9.90 Å². The highest BCUT2D eigenvalue weighted by molar-refractivity contribution is 8.03. The summed E-state index contributed by atoms with van der Waals surface area (Å²) in [5, 5.41) is 11.0. The van der Waals surface area contributed by atoms with Gasteiger partial charge in [-0.2, -0.15) is 0 Å². The molecule has 1 amide bonds. The summed E-state index contributed by atoms with van der Waals surface area (Å²) >= 11 is 4.22. The van der Waals surface area contributed by atoms with Gasteiger partial charge in [0.2, 0.25) is 5.91 Å². The average molecular weight is 450 g/mol. The summed E-state index contributed by atoms with van der Waals surface area (Å²) in [5.41, 5.74) is 2.01. The second-order valence-electron chi connectivity index (χ2n) is 5.65. The fraction of sp³-hybridized carbons (Fsp3) is 0.158. The van der Waals surface area contributed by atoms with Gasteiger partial charge in [-0.3, -0.25) is 4.79 Å². The molecule has 1 aromatic heterocycles. The number of halogens is 1. The lowest BCUT2D eigenvalue weighted by Gasteiger charge is -2.05. The van der Waals surface area contributed by atoms with E-state index in [2.05, 4.69) is 20.3 Å².